The van der Waals surface area contributed by atoms with Gasteiger partial charge >= 0.3 is 0 Å². The SMILES string of the molecule is CCn1c(=O)c(C=Nc2cccnc2)c(O)c2ccccc21. The van der Waals surface area contributed by atoms with Crippen molar-refractivity contribution in [3.05, 3.63) is 64.7 Å². The first-order valence-electron chi connectivity index (χ1n) is 7.01. The standard InChI is InChI=1S/C17H15N3O2/c1-2-20-15-8-4-3-7-13(15)16(21)14(17(20)22)11-19-12-6-5-9-18-10-12/h3-11,21H,2H2,1H3. The normalized spacial score (nSPS) is 11.3. The minimum absolute atomic E-state index is 0.0436. The molecule has 5 heteroatoms. The summed E-state index contributed by atoms with van der Waals surface area (Å²) in [5, 5.41) is 11.0. The maximum absolute atomic E-state index is 12.6. The number of rotatable bonds is 3. The van der Waals surface area contributed by atoms with E-state index in [0.717, 1.165) is 0 Å². The maximum atomic E-state index is 12.6. The number of hydrogen-bond donors (Lipinski definition) is 1. The first-order chi connectivity index (χ1) is 10.7. The van der Waals surface area contributed by atoms with Crippen LogP contribution in [0.25, 0.3) is 10.9 Å². The van der Waals surface area contributed by atoms with Gasteiger partial charge in [-0.1, -0.05) is 12.1 Å². The zero-order valence-electron chi connectivity index (χ0n) is 12.1. The van der Waals surface area contributed by atoms with Gasteiger partial charge in [0, 0.05) is 24.3 Å². The van der Waals surface area contributed by atoms with Gasteiger partial charge in [0.15, 0.2) is 0 Å². The van der Waals surface area contributed by atoms with Crippen molar-refractivity contribution in [2.24, 2.45) is 4.99 Å². The predicted octanol–water partition coefficient (Wildman–Crippen LogP) is 2.87. The van der Waals surface area contributed by atoms with Crippen LogP contribution in [0, 0.1) is 0 Å². The topological polar surface area (TPSA) is 67.5 Å². The van der Waals surface area contributed by atoms with Crippen molar-refractivity contribution in [1.82, 2.24) is 9.55 Å². The van der Waals surface area contributed by atoms with E-state index in [2.05, 4.69) is 9.98 Å². The van der Waals surface area contributed by atoms with Gasteiger partial charge in [0.25, 0.3) is 5.56 Å². The number of aryl methyl sites for hydroxylation is 1. The highest BCUT2D eigenvalue weighted by Crippen LogP contribution is 2.25. The minimum Gasteiger partial charge on any atom is -0.506 e. The Morgan fingerprint density at radius 2 is 2.09 bits per heavy atom. The molecule has 0 bridgehead atoms. The van der Waals surface area contributed by atoms with Crippen LogP contribution in [0.5, 0.6) is 5.75 Å². The summed E-state index contributed by atoms with van der Waals surface area (Å²) >= 11 is 0. The van der Waals surface area contributed by atoms with Crippen LogP contribution in [-0.2, 0) is 6.54 Å². The molecule has 0 amide bonds. The van der Waals surface area contributed by atoms with E-state index in [9.17, 15) is 9.90 Å². The third-order valence-corrected chi connectivity index (χ3v) is 3.49. The van der Waals surface area contributed by atoms with E-state index in [1.54, 1.807) is 35.2 Å². The number of para-hydroxylation sites is 1. The van der Waals surface area contributed by atoms with Gasteiger partial charge in [-0.3, -0.25) is 14.8 Å². The molecule has 2 aromatic heterocycles. The van der Waals surface area contributed by atoms with Gasteiger partial charge in [-0.2, -0.15) is 0 Å². The average molecular weight is 293 g/mol. The summed E-state index contributed by atoms with van der Waals surface area (Å²) in [5.41, 5.74) is 1.26. The van der Waals surface area contributed by atoms with Crippen LogP contribution in [0.3, 0.4) is 0 Å². The first-order valence-corrected chi connectivity index (χ1v) is 7.01. The summed E-state index contributed by atoms with van der Waals surface area (Å²) in [7, 11) is 0. The molecule has 0 aliphatic rings. The molecular weight excluding hydrogens is 278 g/mol. The van der Waals surface area contributed by atoms with Gasteiger partial charge in [0.05, 0.1) is 17.4 Å². The predicted molar refractivity (Wildman–Crippen MR) is 87.0 cm³/mol. The molecule has 110 valence electrons. The molecule has 1 aromatic carbocycles. The summed E-state index contributed by atoms with van der Waals surface area (Å²) in [6.45, 7) is 2.42. The molecular formula is C17H15N3O2. The molecule has 0 unspecified atom stereocenters. The van der Waals surface area contributed by atoms with Gasteiger partial charge < -0.3 is 9.67 Å². The molecule has 5 nitrogen and oxygen atoms in total. The zero-order chi connectivity index (χ0) is 15.5. The van der Waals surface area contributed by atoms with Gasteiger partial charge in [0.2, 0.25) is 0 Å². The van der Waals surface area contributed by atoms with Crippen LogP contribution in [0.2, 0.25) is 0 Å². The largest absolute Gasteiger partial charge is 0.506 e. The van der Waals surface area contributed by atoms with Crippen molar-refractivity contribution in [2.45, 2.75) is 13.5 Å². The molecule has 0 aliphatic carbocycles. The van der Waals surface area contributed by atoms with Crippen LogP contribution in [-0.4, -0.2) is 20.9 Å². The lowest BCUT2D eigenvalue weighted by Crippen LogP contribution is -2.23. The average Bonchev–Trinajstić information content (AvgIpc) is 2.56. The number of fused-ring (bicyclic) bond motifs is 1. The number of hydrogen-bond acceptors (Lipinski definition) is 4. The van der Waals surface area contributed by atoms with Crippen LogP contribution in [0.15, 0.2) is 58.6 Å². The zero-order valence-corrected chi connectivity index (χ0v) is 12.1. The molecule has 1 N–H and O–H groups in total. The fourth-order valence-electron chi connectivity index (χ4n) is 2.41. The summed E-state index contributed by atoms with van der Waals surface area (Å²) in [4.78, 5) is 20.7. The highest BCUT2D eigenvalue weighted by Gasteiger charge is 2.13. The molecule has 0 fully saturated rings. The molecule has 0 saturated carbocycles. The molecule has 0 spiro atoms. The van der Waals surface area contributed by atoms with Crippen LogP contribution in [0.4, 0.5) is 5.69 Å². The van der Waals surface area contributed by atoms with Crippen LogP contribution >= 0.6 is 0 Å². The van der Waals surface area contributed by atoms with Crippen molar-refractivity contribution in [1.29, 1.82) is 0 Å². The van der Waals surface area contributed by atoms with Gasteiger partial charge in [-0.15, -0.1) is 0 Å². The quantitative estimate of drug-likeness (QED) is 0.755. The molecule has 0 radical (unpaired) electrons. The Labute approximate surface area is 127 Å². The van der Waals surface area contributed by atoms with E-state index < -0.39 is 0 Å². The van der Waals surface area contributed by atoms with Crippen molar-refractivity contribution >= 4 is 22.8 Å². The second-order valence-electron chi connectivity index (χ2n) is 4.80. The van der Waals surface area contributed by atoms with Crippen molar-refractivity contribution < 1.29 is 5.11 Å². The third kappa shape index (κ3) is 2.37. The lowest BCUT2D eigenvalue weighted by molar-refractivity contribution is 0.478. The van der Waals surface area contributed by atoms with E-state index in [1.165, 1.54) is 6.21 Å². The fraction of sp³-hybridized carbons (Fsp3) is 0.118. The van der Waals surface area contributed by atoms with Crippen LogP contribution in [0.1, 0.15) is 12.5 Å². The Bertz CT molecular complexity index is 899. The second-order valence-corrected chi connectivity index (χ2v) is 4.80. The minimum atomic E-state index is -0.258. The van der Waals surface area contributed by atoms with E-state index in [1.807, 2.05) is 25.1 Å². The molecule has 2 heterocycles. The Hall–Kier alpha value is -2.95. The van der Waals surface area contributed by atoms with E-state index >= 15 is 0 Å². The van der Waals surface area contributed by atoms with Crippen molar-refractivity contribution in [3.8, 4) is 5.75 Å². The summed E-state index contributed by atoms with van der Waals surface area (Å²) in [6.07, 6.45) is 4.64. The summed E-state index contributed by atoms with van der Waals surface area (Å²) < 4.78 is 1.62. The van der Waals surface area contributed by atoms with E-state index in [0.29, 0.717) is 23.1 Å². The summed E-state index contributed by atoms with van der Waals surface area (Å²) in [5.74, 6) is -0.0436. The molecule has 0 aliphatic heterocycles. The number of aromatic hydroxyl groups is 1. The molecule has 22 heavy (non-hydrogen) atoms. The van der Waals surface area contributed by atoms with Crippen LogP contribution < -0.4 is 5.56 Å². The highest BCUT2D eigenvalue weighted by molar-refractivity contribution is 5.95. The Balaban J connectivity index is 2.22. The lowest BCUT2D eigenvalue weighted by atomic mass is 10.1. The summed E-state index contributed by atoms with van der Waals surface area (Å²) in [6, 6.07) is 10.8. The second kappa shape index (κ2) is 5.81. The van der Waals surface area contributed by atoms with Crippen molar-refractivity contribution in [3.63, 3.8) is 0 Å². The van der Waals surface area contributed by atoms with Crippen molar-refractivity contribution in [2.75, 3.05) is 0 Å². The van der Waals surface area contributed by atoms with Gasteiger partial charge in [0.1, 0.15) is 11.3 Å². The van der Waals surface area contributed by atoms with Gasteiger partial charge in [-0.25, -0.2) is 0 Å². The number of benzene rings is 1. The Morgan fingerprint density at radius 3 is 2.82 bits per heavy atom. The molecule has 3 aromatic rings. The first kappa shape index (κ1) is 14.0. The number of aliphatic imine (C=N–C) groups is 1. The smallest absolute Gasteiger partial charge is 0.263 e. The highest BCUT2D eigenvalue weighted by atomic mass is 16.3. The number of pyridine rings is 2. The number of aromatic nitrogens is 2. The lowest BCUT2D eigenvalue weighted by Gasteiger charge is -2.11. The molecule has 3 rings (SSSR count). The monoisotopic (exact) mass is 293 g/mol. The third-order valence-electron chi connectivity index (χ3n) is 3.49. The van der Waals surface area contributed by atoms with E-state index in [4.69, 9.17) is 0 Å². The molecule has 0 atom stereocenters. The molecule has 0 saturated heterocycles. The fourth-order valence-corrected chi connectivity index (χ4v) is 2.41. The van der Waals surface area contributed by atoms with E-state index in [-0.39, 0.29) is 16.9 Å². The Kier molecular flexibility index (Phi) is 3.70. The Morgan fingerprint density at radius 1 is 1.27 bits per heavy atom. The maximum Gasteiger partial charge on any atom is 0.263 e. The van der Waals surface area contributed by atoms with Gasteiger partial charge in [-0.05, 0) is 31.2 Å². The number of nitrogens with zero attached hydrogens (tertiary/aromatic N) is 3.